The topological polar surface area (TPSA) is 154 Å². The number of aliphatic hydroxyl groups is 3. The number of hydrogen-bond acceptors (Lipinski definition) is 7. The van der Waals surface area contributed by atoms with Gasteiger partial charge in [0.25, 0.3) is 0 Å². The van der Waals surface area contributed by atoms with Gasteiger partial charge in [0.2, 0.25) is 6.29 Å². The minimum Gasteiger partial charge on any atom is -0.394 e. The van der Waals surface area contributed by atoms with E-state index in [4.69, 9.17) is 21.3 Å². The Balaban J connectivity index is 2.85. The highest BCUT2D eigenvalue weighted by atomic mass is 16.8. The molecular weight excluding hydrogens is 208 g/mol. The van der Waals surface area contributed by atoms with Crippen molar-refractivity contribution in [3.05, 3.63) is 10.4 Å². The molecule has 9 nitrogen and oxygen atoms in total. The SMILES string of the molecule is [N-]=[N+]=N[C@H]1[C@@H](O)[C@@H](CO)O[C@@H](ON)[C@@H]1O. The lowest BCUT2D eigenvalue weighted by atomic mass is 9.97. The molecule has 86 valence electrons. The Labute approximate surface area is 84.6 Å². The second kappa shape index (κ2) is 5.24. The van der Waals surface area contributed by atoms with Crippen molar-refractivity contribution in [1.82, 2.24) is 0 Å². The molecule has 5 atom stereocenters. The molecule has 15 heavy (non-hydrogen) atoms. The van der Waals surface area contributed by atoms with E-state index in [1.807, 2.05) is 0 Å². The Kier molecular flexibility index (Phi) is 4.24. The summed E-state index contributed by atoms with van der Waals surface area (Å²) in [6.45, 7) is -0.509. The number of nitrogens with two attached hydrogens (primary N) is 1. The minimum absolute atomic E-state index is 0.509. The van der Waals surface area contributed by atoms with Gasteiger partial charge in [-0.25, -0.2) is 5.90 Å². The van der Waals surface area contributed by atoms with Crippen LogP contribution in [0.25, 0.3) is 10.4 Å². The summed E-state index contributed by atoms with van der Waals surface area (Å²) >= 11 is 0. The van der Waals surface area contributed by atoms with Gasteiger partial charge < -0.3 is 20.1 Å². The molecule has 9 heteroatoms. The maximum absolute atomic E-state index is 9.54. The van der Waals surface area contributed by atoms with E-state index in [-0.39, 0.29) is 0 Å². The van der Waals surface area contributed by atoms with Crippen molar-refractivity contribution in [2.24, 2.45) is 11.0 Å². The van der Waals surface area contributed by atoms with E-state index in [9.17, 15) is 10.2 Å². The van der Waals surface area contributed by atoms with E-state index in [2.05, 4.69) is 14.9 Å². The van der Waals surface area contributed by atoms with Gasteiger partial charge >= 0.3 is 0 Å². The van der Waals surface area contributed by atoms with Crippen molar-refractivity contribution < 1.29 is 24.9 Å². The Morgan fingerprint density at radius 1 is 1.47 bits per heavy atom. The van der Waals surface area contributed by atoms with Crippen LogP contribution in [0.2, 0.25) is 0 Å². The van der Waals surface area contributed by atoms with Crippen molar-refractivity contribution >= 4 is 0 Å². The van der Waals surface area contributed by atoms with Crippen LogP contribution in [0.3, 0.4) is 0 Å². The third-order valence-corrected chi connectivity index (χ3v) is 2.17. The molecule has 0 aromatic carbocycles. The quantitative estimate of drug-likeness (QED) is 0.186. The summed E-state index contributed by atoms with van der Waals surface area (Å²) in [4.78, 5) is 6.75. The normalized spacial score (nSPS) is 40.9. The van der Waals surface area contributed by atoms with Crippen molar-refractivity contribution in [3.63, 3.8) is 0 Å². The number of azide groups is 1. The zero-order chi connectivity index (χ0) is 11.4. The van der Waals surface area contributed by atoms with Crippen molar-refractivity contribution in [1.29, 1.82) is 0 Å². The van der Waals surface area contributed by atoms with Gasteiger partial charge in [0, 0.05) is 4.91 Å². The molecule has 0 radical (unpaired) electrons. The van der Waals surface area contributed by atoms with E-state index in [1.54, 1.807) is 0 Å². The van der Waals surface area contributed by atoms with Crippen LogP contribution in [0.4, 0.5) is 0 Å². The van der Waals surface area contributed by atoms with Gasteiger partial charge in [-0.2, -0.15) is 0 Å². The zero-order valence-corrected chi connectivity index (χ0v) is 7.67. The smallest absolute Gasteiger partial charge is 0.203 e. The van der Waals surface area contributed by atoms with Crippen LogP contribution in [0.5, 0.6) is 0 Å². The number of hydrogen-bond donors (Lipinski definition) is 4. The van der Waals surface area contributed by atoms with Crippen molar-refractivity contribution in [3.8, 4) is 0 Å². The molecule has 1 fully saturated rings. The fraction of sp³-hybridized carbons (Fsp3) is 1.00. The largest absolute Gasteiger partial charge is 0.394 e. The lowest BCUT2D eigenvalue weighted by Crippen LogP contribution is -2.58. The lowest BCUT2D eigenvalue weighted by molar-refractivity contribution is -0.277. The molecule has 0 unspecified atom stereocenters. The summed E-state index contributed by atoms with van der Waals surface area (Å²) < 4.78 is 4.91. The summed E-state index contributed by atoms with van der Waals surface area (Å²) in [5.74, 6) is 4.83. The van der Waals surface area contributed by atoms with Gasteiger partial charge in [-0.1, -0.05) is 5.11 Å². The summed E-state index contributed by atoms with van der Waals surface area (Å²) in [6.07, 6.45) is -4.96. The monoisotopic (exact) mass is 220 g/mol. The average Bonchev–Trinajstić information content (AvgIpc) is 2.25. The molecule has 1 saturated heterocycles. The molecule has 1 aliphatic rings. The van der Waals surface area contributed by atoms with Crippen molar-refractivity contribution in [2.75, 3.05) is 6.61 Å². The Hall–Kier alpha value is -0.930. The molecule has 0 saturated carbocycles. The lowest BCUT2D eigenvalue weighted by Gasteiger charge is -2.38. The van der Waals surface area contributed by atoms with Crippen LogP contribution in [-0.4, -0.2) is 52.6 Å². The van der Waals surface area contributed by atoms with Crippen LogP contribution in [-0.2, 0) is 9.57 Å². The highest BCUT2D eigenvalue weighted by Crippen LogP contribution is 2.23. The summed E-state index contributed by atoms with van der Waals surface area (Å²) in [5, 5.41) is 31.1. The van der Waals surface area contributed by atoms with Gasteiger partial charge in [-0.15, -0.1) is 0 Å². The Bertz CT molecular complexity index is 242. The first-order valence-electron chi connectivity index (χ1n) is 4.18. The second-order valence-electron chi connectivity index (χ2n) is 3.04. The van der Waals surface area contributed by atoms with Crippen LogP contribution in [0.15, 0.2) is 5.11 Å². The molecule has 0 spiro atoms. The average molecular weight is 220 g/mol. The molecule has 5 N–H and O–H groups in total. The fourth-order valence-electron chi connectivity index (χ4n) is 1.38. The van der Waals surface area contributed by atoms with E-state index < -0.39 is 37.3 Å². The predicted octanol–water partition coefficient (Wildman–Crippen LogP) is -2.01. The summed E-state index contributed by atoms with van der Waals surface area (Å²) in [5.41, 5.74) is 8.23. The maximum atomic E-state index is 9.54. The van der Waals surface area contributed by atoms with Gasteiger partial charge in [0.1, 0.15) is 12.2 Å². The van der Waals surface area contributed by atoms with Crippen LogP contribution in [0, 0.1) is 0 Å². The van der Waals surface area contributed by atoms with Crippen LogP contribution < -0.4 is 5.90 Å². The standard InChI is InChI=1S/C6H12N4O5/c7-10-9-3-4(12)2(1-11)14-6(15-8)5(3)13/h2-6,11-13H,1,8H2/t2-,3+,4+,5-,6+/m1/s1. The Morgan fingerprint density at radius 3 is 2.60 bits per heavy atom. The third kappa shape index (κ3) is 2.36. The number of ether oxygens (including phenoxy) is 1. The highest BCUT2D eigenvalue weighted by molar-refractivity contribution is 4.93. The second-order valence-corrected chi connectivity index (χ2v) is 3.04. The highest BCUT2D eigenvalue weighted by Gasteiger charge is 2.44. The molecule has 1 rings (SSSR count). The van der Waals surface area contributed by atoms with Gasteiger partial charge in [0.15, 0.2) is 0 Å². The van der Waals surface area contributed by atoms with Crippen LogP contribution in [0.1, 0.15) is 0 Å². The van der Waals surface area contributed by atoms with E-state index in [0.29, 0.717) is 0 Å². The molecule has 0 amide bonds. The number of nitrogens with zero attached hydrogens (tertiary/aromatic N) is 3. The molecule has 0 aliphatic carbocycles. The molecular formula is C6H12N4O5. The maximum Gasteiger partial charge on any atom is 0.203 e. The fourth-order valence-corrected chi connectivity index (χ4v) is 1.38. The first-order chi connectivity index (χ1) is 7.15. The molecule has 1 aliphatic heterocycles. The van der Waals surface area contributed by atoms with Crippen molar-refractivity contribution in [2.45, 2.75) is 30.6 Å². The summed E-state index contributed by atoms with van der Waals surface area (Å²) in [6, 6.07) is -1.17. The third-order valence-electron chi connectivity index (χ3n) is 2.17. The first kappa shape index (κ1) is 12.1. The van der Waals surface area contributed by atoms with Gasteiger partial charge in [-0.3, -0.25) is 4.84 Å². The number of rotatable bonds is 3. The van der Waals surface area contributed by atoms with Gasteiger partial charge in [0.05, 0.1) is 18.8 Å². The van der Waals surface area contributed by atoms with E-state index in [1.165, 1.54) is 0 Å². The predicted molar refractivity (Wildman–Crippen MR) is 46.0 cm³/mol. The molecule has 0 aromatic heterocycles. The first-order valence-corrected chi connectivity index (χ1v) is 4.18. The molecule has 0 aromatic rings. The minimum atomic E-state index is -1.39. The van der Waals surface area contributed by atoms with Gasteiger partial charge in [-0.05, 0) is 5.53 Å². The van der Waals surface area contributed by atoms with E-state index >= 15 is 0 Å². The zero-order valence-electron chi connectivity index (χ0n) is 7.67. The van der Waals surface area contributed by atoms with Crippen LogP contribution >= 0.6 is 0 Å². The molecule has 0 bridgehead atoms. The Morgan fingerprint density at radius 2 is 2.13 bits per heavy atom. The van der Waals surface area contributed by atoms with E-state index in [0.717, 1.165) is 0 Å². The summed E-state index contributed by atoms with van der Waals surface area (Å²) in [7, 11) is 0. The molecule has 1 heterocycles. The number of aliphatic hydroxyl groups excluding tert-OH is 3.